The molecule has 2 heterocycles. The van der Waals surface area contributed by atoms with Crippen molar-refractivity contribution in [3.05, 3.63) is 48.2 Å². The second-order valence-corrected chi connectivity index (χ2v) is 7.72. The summed E-state index contributed by atoms with van der Waals surface area (Å²) in [6.07, 6.45) is 12.6. The van der Waals surface area contributed by atoms with Gasteiger partial charge >= 0.3 is 0 Å². The largest absolute Gasteiger partial charge is 0.353 e. The highest BCUT2D eigenvalue weighted by Crippen LogP contribution is 2.21. The summed E-state index contributed by atoms with van der Waals surface area (Å²) in [6, 6.07) is 11.0. The first-order valence-corrected chi connectivity index (χ1v) is 10.5. The van der Waals surface area contributed by atoms with Crippen LogP contribution in [0.25, 0.3) is 6.08 Å². The van der Waals surface area contributed by atoms with E-state index in [4.69, 9.17) is 4.98 Å². The van der Waals surface area contributed by atoms with Gasteiger partial charge in [0, 0.05) is 38.8 Å². The van der Waals surface area contributed by atoms with Gasteiger partial charge in [-0.3, -0.25) is 4.90 Å². The Labute approximate surface area is 167 Å². The second kappa shape index (κ2) is 9.64. The first kappa shape index (κ1) is 18.9. The van der Waals surface area contributed by atoms with Gasteiger partial charge in [-0.2, -0.15) is 10.1 Å². The van der Waals surface area contributed by atoms with Gasteiger partial charge < -0.3 is 10.2 Å². The lowest BCUT2D eigenvalue weighted by Gasteiger charge is -2.34. The molecule has 0 unspecified atom stereocenters. The van der Waals surface area contributed by atoms with E-state index in [0.29, 0.717) is 12.0 Å². The van der Waals surface area contributed by atoms with Crippen molar-refractivity contribution in [2.75, 3.05) is 42.9 Å². The quantitative estimate of drug-likeness (QED) is 0.831. The maximum Gasteiger partial charge on any atom is 0.244 e. The Morgan fingerprint density at radius 3 is 2.57 bits per heavy atom. The summed E-state index contributed by atoms with van der Waals surface area (Å²) in [5, 5.41) is 11.9. The lowest BCUT2D eigenvalue weighted by Crippen LogP contribution is -2.46. The third-order valence-electron chi connectivity index (χ3n) is 5.65. The fourth-order valence-corrected chi connectivity index (χ4v) is 4.00. The van der Waals surface area contributed by atoms with Crippen molar-refractivity contribution in [2.24, 2.45) is 0 Å². The number of benzene rings is 1. The van der Waals surface area contributed by atoms with Crippen LogP contribution in [-0.4, -0.2) is 58.8 Å². The molecule has 1 aromatic heterocycles. The maximum absolute atomic E-state index is 4.73. The predicted molar refractivity (Wildman–Crippen MR) is 114 cm³/mol. The number of piperazine rings is 1. The molecular formula is C22H30N6. The fourth-order valence-electron chi connectivity index (χ4n) is 4.00. The highest BCUT2D eigenvalue weighted by atomic mass is 15.3. The van der Waals surface area contributed by atoms with Crippen LogP contribution >= 0.6 is 0 Å². The zero-order valence-electron chi connectivity index (χ0n) is 16.5. The molecule has 1 aliphatic carbocycles. The smallest absolute Gasteiger partial charge is 0.244 e. The number of anilines is 2. The molecule has 1 N–H and O–H groups in total. The predicted octanol–water partition coefficient (Wildman–Crippen LogP) is 3.45. The standard InChI is InChI=1S/C22H30N6/c1-3-8-19(9-4-1)10-7-13-27-14-16-28(17-15-27)21-18-23-26-22(25-21)24-20-11-5-2-6-12-20/h1,3-4,7-10,18,20H,2,5-6,11-17H2,(H,24,25,26)/b10-7+. The Hall–Kier alpha value is -2.47. The average Bonchev–Trinajstić information content (AvgIpc) is 2.76. The van der Waals surface area contributed by atoms with Crippen LogP contribution in [0.2, 0.25) is 0 Å². The molecule has 0 spiro atoms. The fraction of sp³-hybridized carbons (Fsp3) is 0.500. The van der Waals surface area contributed by atoms with E-state index in [2.05, 4.69) is 67.8 Å². The molecule has 0 radical (unpaired) electrons. The maximum atomic E-state index is 4.73. The summed E-state index contributed by atoms with van der Waals surface area (Å²) in [6.45, 7) is 5.00. The van der Waals surface area contributed by atoms with Crippen LogP contribution < -0.4 is 10.2 Å². The molecular weight excluding hydrogens is 348 g/mol. The number of hydrogen-bond donors (Lipinski definition) is 1. The van der Waals surface area contributed by atoms with Crippen LogP contribution in [0.4, 0.5) is 11.8 Å². The van der Waals surface area contributed by atoms with Crippen molar-refractivity contribution in [3.63, 3.8) is 0 Å². The lowest BCUT2D eigenvalue weighted by atomic mass is 9.96. The average molecular weight is 379 g/mol. The van der Waals surface area contributed by atoms with Gasteiger partial charge in [-0.05, 0) is 18.4 Å². The number of rotatable bonds is 6. The second-order valence-electron chi connectivity index (χ2n) is 7.72. The van der Waals surface area contributed by atoms with E-state index in [0.717, 1.165) is 38.5 Å². The topological polar surface area (TPSA) is 57.2 Å². The van der Waals surface area contributed by atoms with E-state index in [9.17, 15) is 0 Å². The Balaban J connectivity index is 1.26. The molecule has 1 saturated heterocycles. The number of nitrogens with zero attached hydrogens (tertiary/aromatic N) is 5. The van der Waals surface area contributed by atoms with Crippen molar-refractivity contribution in [1.29, 1.82) is 0 Å². The summed E-state index contributed by atoms with van der Waals surface area (Å²) in [5.74, 6) is 1.62. The molecule has 0 amide bonds. The monoisotopic (exact) mass is 378 g/mol. The van der Waals surface area contributed by atoms with Gasteiger partial charge in [0.15, 0.2) is 5.82 Å². The van der Waals surface area contributed by atoms with Gasteiger partial charge in [-0.25, -0.2) is 0 Å². The van der Waals surface area contributed by atoms with Crippen molar-refractivity contribution < 1.29 is 0 Å². The highest BCUT2D eigenvalue weighted by molar-refractivity contribution is 5.48. The third kappa shape index (κ3) is 5.29. The number of aromatic nitrogens is 3. The molecule has 2 aliphatic rings. The minimum absolute atomic E-state index is 0.499. The molecule has 1 aliphatic heterocycles. The van der Waals surface area contributed by atoms with Crippen molar-refractivity contribution in [1.82, 2.24) is 20.1 Å². The zero-order chi connectivity index (χ0) is 19.0. The summed E-state index contributed by atoms with van der Waals surface area (Å²) in [4.78, 5) is 9.52. The minimum atomic E-state index is 0.499. The van der Waals surface area contributed by atoms with E-state index in [1.54, 1.807) is 6.20 Å². The first-order valence-electron chi connectivity index (χ1n) is 10.5. The van der Waals surface area contributed by atoms with Gasteiger partial charge in [-0.15, -0.1) is 5.10 Å². The molecule has 28 heavy (non-hydrogen) atoms. The Bertz CT molecular complexity index is 749. The van der Waals surface area contributed by atoms with Crippen molar-refractivity contribution in [3.8, 4) is 0 Å². The van der Waals surface area contributed by atoms with Crippen LogP contribution in [0, 0.1) is 0 Å². The first-order chi connectivity index (χ1) is 13.9. The molecule has 1 saturated carbocycles. The molecule has 2 aromatic rings. The van der Waals surface area contributed by atoms with E-state index in [-0.39, 0.29) is 0 Å². The molecule has 6 heteroatoms. The summed E-state index contributed by atoms with van der Waals surface area (Å²) in [5.41, 5.74) is 1.26. The van der Waals surface area contributed by atoms with Crippen LogP contribution in [0.1, 0.15) is 37.7 Å². The summed E-state index contributed by atoms with van der Waals surface area (Å²) >= 11 is 0. The molecule has 0 bridgehead atoms. The molecule has 4 rings (SSSR count). The lowest BCUT2D eigenvalue weighted by molar-refractivity contribution is 0.283. The van der Waals surface area contributed by atoms with Gasteiger partial charge in [-0.1, -0.05) is 61.7 Å². The SMILES string of the molecule is C(=C\c1ccccc1)/CN1CCN(c2cnnc(NC3CCCCC3)n2)CC1. The van der Waals surface area contributed by atoms with Gasteiger partial charge in [0.2, 0.25) is 5.95 Å². The summed E-state index contributed by atoms with van der Waals surface area (Å²) < 4.78 is 0. The van der Waals surface area contributed by atoms with Crippen LogP contribution in [-0.2, 0) is 0 Å². The van der Waals surface area contributed by atoms with Crippen LogP contribution in [0.15, 0.2) is 42.6 Å². The van der Waals surface area contributed by atoms with Crippen LogP contribution in [0.3, 0.4) is 0 Å². The van der Waals surface area contributed by atoms with Crippen molar-refractivity contribution in [2.45, 2.75) is 38.1 Å². The van der Waals surface area contributed by atoms with Gasteiger partial charge in [0.25, 0.3) is 0 Å². The minimum Gasteiger partial charge on any atom is -0.353 e. The van der Waals surface area contributed by atoms with E-state index >= 15 is 0 Å². The normalized spacial score (nSPS) is 19.2. The Morgan fingerprint density at radius 1 is 1.00 bits per heavy atom. The van der Waals surface area contributed by atoms with Gasteiger partial charge in [0.05, 0.1) is 6.20 Å². The van der Waals surface area contributed by atoms with E-state index in [1.165, 1.54) is 37.7 Å². The number of hydrogen-bond acceptors (Lipinski definition) is 6. The summed E-state index contributed by atoms with van der Waals surface area (Å²) in [7, 11) is 0. The molecule has 6 nitrogen and oxygen atoms in total. The molecule has 1 aromatic carbocycles. The van der Waals surface area contributed by atoms with Crippen molar-refractivity contribution >= 4 is 17.8 Å². The molecule has 148 valence electrons. The molecule has 0 atom stereocenters. The van der Waals surface area contributed by atoms with Crippen LogP contribution in [0.5, 0.6) is 0 Å². The van der Waals surface area contributed by atoms with E-state index in [1.807, 2.05) is 0 Å². The van der Waals surface area contributed by atoms with E-state index < -0.39 is 0 Å². The zero-order valence-corrected chi connectivity index (χ0v) is 16.5. The van der Waals surface area contributed by atoms with Gasteiger partial charge in [0.1, 0.15) is 0 Å². The Morgan fingerprint density at radius 2 is 1.79 bits per heavy atom. The molecule has 2 fully saturated rings. The Kier molecular flexibility index (Phi) is 6.50. The highest BCUT2D eigenvalue weighted by Gasteiger charge is 2.19. The number of nitrogens with one attached hydrogen (secondary N) is 1. The third-order valence-corrected chi connectivity index (χ3v) is 5.65.